The molecule has 0 saturated heterocycles. The Kier molecular flexibility index (Phi) is 24.1. The van der Waals surface area contributed by atoms with Gasteiger partial charge in [-0.1, -0.05) is 0 Å². The number of rotatable bonds is 14. The number of aliphatic hydroxyl groups excluding tert-OH is 4. The summed E-state index contributed by atoms with van der Waals surface area (Å²) in [5, 5.41) is 49.2. The molecule has 0 radical (unpaired) electrons. The minimum absolute atomic E-state index is 0.0703. The van der Waals surface area contributed by atoms with Crippen molar-refractivity contribution in [3.05, 3.63) is 106 Å². The third-order valence-corrected chi connectivity index (χ3v) is 5.55. The quantitative estimate of drug-likeness (QED) is 0.0778. The van der Waals surface area contributed by atoms with Gasteiger partial charge in [-0.05, 0) is 72.8 Å². The smallest absolute Gasteiger partial charge is 0.338 e. The molecule has 0 amide bonds. The van der Waals surface area contributed by atoms with Crippen molar-refractivity contribution >= 4 is 35.8 Å². The lowest BCUT2D eigenvalue weighted by atomic mass is 10.1. The first kappa shape index (κ1) is 45.3. The molecule has 0 unspecified atom stereocenters. The molecule has 3 aromatic carbocycles. The summed E-state index contributed by atoms with van der Waals surface area (Å²) < 4.78 is 23.6. The van der Waals surface area contributed by atoms with Gasteiger partial charge in [0, 0.05) is 7.11 Å². The monoisotopic (exact) mass is 720 g/mol. The van der Waals surface area contributed by atoms with Crippen LogP contribution in [0.15, 0.2) is 72.8 Å². The highest BCUT2D eigenvalue weighted by Crippen LogP contribution is 2.09. The van der Waals surface area contributed by atoms with Gasteiger partial charge in [0.1, 0.15) is 19.8 Å². The number of ether oxygens (including phenoxy) is 5. The second-order valence-corrected chi connectivity index (χ2v) is 9.13. The van der Waals surface area contributed by atoms with E-state index in [9.17, 15) is 28.8 Å². The molecule has 0 aliphatic carbocycles. The van der Waals surface area contributed by atoms with Crippen molar-refractivity contribution < 1.29 is 83.1 Å². The largest absolute Gasteiger partial charge is 0.478 e. The second kappa shape index (κ2) is 27.1. The Morgan fingerprint density at radius 1 is 0.412 bits per heavy atom. The van der Waals surface area contributed by atoms with E-state index in [2.05, 4.69) is 4.74 Å². The zero-order chi connectivity index (χ0) is 38.6. The Morgan fingerprint density at radius 3 is 0.922 bits per heavy atom. The maximum Gasteiger partial charge on any atom is 0.338 e. The van der Waals surface area contributed by atoms with E-state index in [-0.39, 0.29) is 68.5 Å². The molecule has 0 atom stereocenters. The molecular formula is C34H40O17. The van der Waals surface area contributed by atoms with Crippen molar-refractivity contribution in [3.63, 3.8) is 0 Å². The van der Waals surface area contributed by atoms with Crippen LogP contribution in [0.3, 0.4) is 0 Å². The van der Waals surface area contributed by atoms with E-state index >= 15 is 0 Å². The normalized spacial score (nSPS) is 9.53. The average molecular weight is 721 g/mol. The van der Waals surface area contributed by atoms with Gasteiger partial charge >= 0.3 is 35.8 Å². The van der Waals surface area contributed by atoms with Crippen molar-refractivity contribution in [2.75, 3.05) is 67.1 Å². The maximum atomic E-state index is 11.5. The molecule has 3 rings (SSSR count). The van der Waals surface area contributed by atoms with Crippen LogP contribution in [0.4, 0.5) is 0 Å². The third kappa shape index (κ3) is 19.2. The van der Waals surface area contributed by atoms with E-state index in [1.807, 2.05) is 0 Å². The maximum absolute atomic E-state index is 11.5. The highest BCUT2D eigenvalue weighted by atomic mass is 16.6. The van der Waals surface area contributed by atoms with Crippen LogP contribution in [0.5, 0.6) is 0 Å². The summed E-state index contributed by atoms with van der Waals surface area (Å²) in [7, 11) is 2.83. The fourth-order valence-electron chi connectivity index (χ4n) is 3.10. The standard InChI is InChI=1S/C12H14O6.C12H14O5.C8H6O4.C2H6O2/c13-5-7-17-11(15)9-1-2-10(4-3-9)12(16)18-8-6-14;1-15-7-8-17-12(14)10-5-3-9(4-6-10)11(13)16-2;9-7(10)5-1-2-6(4-3-5)8(11)12;3-1-2-4/h1-4,13-14H,5-8H2;3-6H,7-8H2,1-2H3;1-4H,(H,9,10)(H,11,12);3-4H,1-2H2. The van der Waals surface area contributed by atoms with Crippen molar-refractivity contribution in [3.8, 4) is 0 Å². The number of aromatic carboxylic acids is 2. The zero-order valence-corrected chi connectivity index (χ0v) is 27.8. The average Bonchev–Trinajstić information content (AvgIpc) is 3.16. The van der Waals surface area contributed by atoms with Gasteiger partial charge in [-0.3, -0.25) is 0 Å². The Hall–Kier alpha value is -5.72. The van der Waals surface area contributed by atoms with Gasteiger partial charge in [0.2, 0.25) is 0 Å². The molecule has 0 aliphatic rings. The van der Waals surface area contributed by atoms with Gasteiger partial charge in [0.25, 0.3) is 0 Å². The molecule has 0 fully saturated rings. The number of carboxylic acids is 2. The van der Waals surface area contributed by atoms with E-state index in [0.717, 1.165) is 0 Å². The summed E-state index contributed by atoms with van der Waals surface area (Å²) in [6.07, 6.45) is 0. The van der Waals surface area contributed by atoms with Gasteiger partial charge < -0.3 is 54.3 Å². The van der Waals surface area contributed by atoms with E-state index < -0.39 is 35.8 Å². The van der Waals surface area contributed by atoms with Crippen LogP contribution in [-0.2, 0) is 23.7 Å². The molecule has 6 N–H and O–H groups in total. The Morgan fingerprint density at radius 2 is 0.686 bits per heavy atom. The van der Waals surface area contributed by atoms with Crippen LogP contribution in [0.1, 0.15) is 62.1 Å². The molecule has 278 valence electrons. The molecule has 0 aliphatic heterocycles. The molecule has 0 heterocycles. The number of carbonyl (C=O) groups is 6. The number of hydrogen-bond donors (Lipinski definition) is 6. The van der Waals surface area contributed by atoms with E-state index in [1.165, 1.54) is 87.0 Å². The van der Waals surface area contributed by atoms with Crippen LogP contribution in [0, 0.1) is 0 Å². The van der Waals surface area contributed by atoms with Crippen LogP contribution in [0.25, 0.3) is 0 Å². The minimum atomic E-state index is -1.06. The lowest BCUT2D eigenvalue weighted by Gasteiger charge is -2.05. The second-order valence-electron chi connectivity index (χ2n) is 9.13. The first-order chi connectivity index (χ1) is 24.4. The van der Waals surface area contributed by atoms with Gasteiger partial charge in [0.15, 0.2) is 0 Å². The van der Waals surface area contributed by atoms with E-state index in [0.29, 0.717) is 17.7 Å². The zero-order valence-electron chi connectivity index (χ0n) is 27.8. The highest BCUT2D eigenvalue weighted by Gasteiger charge is 2.11. The number of hydrogen-bond acceptors (Lipinski definition) is 15. The Balaban J connectivity index is 0.000000708. The first-order valence-corrected chi connectivity index (χ1v) is 14.7. The number of carbonyl (C=O) groups excluding carboxylic acids is 4. The highest BCUT2D eigenvalue weighted by molar-refractivity contribution is 5.94. The van der Waals surface area contributed by atoms with E-state index in [4.69, 9.17) is 49.6 Å². The molecule has 0 spiro atoms. The number of carboxylic acid groups (broad SMARTS) is 2. The number of methoxy groups -OCH3 is 2. The van der Waals surface area contributed by atoms with E-state index in [1.54, 1.807) is 0 Å². The van der Waals surface area contributed by atoms with Crippen molar-refractivity contribution in [2.45, 2.75) is 0 Å². The molecular weight excluding hydrogens is 680 g/mol. The molecule has 51 heavy (non-hydrogen) atoms. The van der Waals surface area contributed by atoms with Gasteiger partial charge in [0.05, 0.1) is 73.5 Å². The lowest BCUT2D eigenvalue weighted by molar-refractivity contribution is 0.0385. The third-order valence-electron chi connectivity index (χ3n) is 5.55. The Bertz CT molecular complexity index is 1410. The van der Waals surface area contributed by atoms with Crippen molar-refractivity contribution in [2.24, 2.45) is 0 Å². The summed E-state index contributed by atoms with van der Waals surface area (Å²) in [6, 6.07) is 16.8. The van der Waals surface area contributed by atoms with Crippen LogP contribution in [-0.4, -0.2) is 134 Å². The van der Waals surface area contributed by atoms with Crippen LogP contribution < -0.4 is 0 Å². The predicted octanol–water partition coefficient (Wildman–Crippen LogP) is 1.32. The molecule has 0 bridgehead atoms. The minimum Gasteiger partial charge on any atom is -0.478 e. The summed E-state index contributed by atoms with van der Waals surface area (Å²) in [5.74, 6) is -4.15. The predicted molar refractivity (Wildman–Crippen MR) is 176 cm³/mol. The SMILES string of the molecule is COCCOC(=O)c1ccc(C(=O)OC)cc1.O=C(O)c1ccc(C(=O)O)cc1.O=C(OCCO)c1ccc(C(=O)OCCO)cc1.OCCO. The fourth-order valence-corrected chi connectivity index (χ4v) is 3.10. The van der Waals surface area contributed by atoms with Gasteiger partial charge in [-0.25, -0.2) is 28.8 Å². The number of esters is 4. The topological polar surface area (TPSA) is 270 Å². The lowest BCUT2D eigenvalue weighted by Crippen LogP contribution is -2.11. The molecule has 17 heteroatoms. The molecule has 0 aromatic heterocycles. The summed E-state index contributed by atoms with van der Waals surface area (Å²) >= 11 is 0. The fraction of sp³-hybridized carbons (Fsp3) is 0.294. The van der Waals surface area contributed by atoms with Gasteiger partial charge in [-0.2, -0.15) is 0 Å². The van der Waals surface area contributed by atoms with Gasteiger partial charge in [-0.15, -0.1) is 0 Å². The van der Waals surface area contributed by atoms with Crippen molar-refractivity contribution in [1.82, 2.24) is 0 Å². The first-order valence-electron chi connectivity index (χ1n) is 14.7. The number of aliphatic hydroxyl groups is 4. The van der Waals surface area contributed by atoms with Crippen LogP contribution in [0.2, 0.25) is 0 Å². The molecule has 0 saturated carbocycles. The summed E-state index contributed by atoms with van der Waals surface area (Å²) in [4.78, 5) is 66.0. The number of benzene rings is 3. The summed E-state index contributed by atoms with van der Waals surface area (Å²) in [5.41, 5.74) is 1.50. The van der Waals surface area contributed by atoms with Crippen molar-refractivity contribution in [1.29, 1.82) is 0 Å². The summed E-state index contributed by atoms with van der Waals surface area (Å²) in [6.45, 7) is -0.313. The Labute approximate surface area is 292 Å². The molecule has 3 aromatic rings. The molecule has 17 nitrogen and oxygen atoms in total. The van der Waals surface area contributed by atoms with Crippen LogP contribution >= 0.6 is 0 Å².